The molecule has 0 aliphatic rings. The molecule has 0 radical (unpaired) electrons. The van der Waals surface area contributed by atoms with Crippen LogP contribution in [0.25, 0.3) is 0 Å². The highest BCUT2D eigenvalue weighted by Gasteiger charge is 2.16. The Morgan fingerprint density at radius 2 is 2.00 bits per heavy atom. The molecule has 0 saturated carbocycles. The lowest BCUT2D eigenvalue weighted by Gasteiger charge is -2.19. The predicted molar refractivity (Wildman–Crippen MR) is 59.6 cm³/mol. The first-order valence-electron chi connectivity index (χ1n) is 4.64. The van der Waals surface area contributed by atoms with Gasteiger partial charge in [0, 0.05) is 12.7 Å². The lowest BCUT2D eigenvalue weighted by Crippen LogP contribution is -2.26. The molecule has 1 rings (SSSR count). The number of carbonyl (C=O) groups excluding carboxylic acids is 1. The van der Waals surface area contributed by atoms with E-state index >= 15 is 0 Å². The highest BCUT2D eigenvalue weighted by Crippen LogP contribution is 2.22. The second-order valence-corrected chi connectivity index (χ2v) is 3.49. The number of hydrogen-bond acceptors (Lipinski definition) is 1. The number of hydrogen-bond donors (Lipinski definition) is 0. The van der Waals surface area contributed by atoms with Crippen molar-refractivity contribution in [2.45, 2.75) is 13.8 Å². The molecule has 3 heteroatoms. The fourth-order valence-electron chi connectivity index (χ4n) is 1.39. The molecule has 0 fully saturated rings. The number of nitrogens with zero attached hydrogens (tertiary/aromatic N) is 1. The molecule has 0 unspecified atom stereocenters. The molecular weight excluding hydrogens is 193 g/mol. The third-order valence-electron chi connectivity index (χ3n) is 2.47. The highest BCUT2D eigenvalue weighted by molar-refractivity contribution is 6.03. The molecule has 0 atom stereocenters. The Hall–Kier alpha value is -1.64. The number of anilines is 1. The number of amides is 1. The standard InChI is InChI=1S/C12H14FNO/c1-8-6-5-7-11(9(8)2)14(4)12(15)10(3)13/h5-7H,3H2,1-2,4H3. The van der Waals surface area contributed by atoms with Crippen LogP contribution < -0.4 is 4.90 Å². The third-order valence-corrected chi connectivity index (χ3v) is 2.47. The summed E-state index contributed by atoms with van der Waals surface area (Å²) in [6.45, 7) is 6.84. The average molecular weight is 207 g/mol. The van der Waals surface area contributed by atoms with Gasteiger partial charge in [0.15, 0.2) is 5.83 Å². The average Bonchev–Trinajstić information content (AvgIpc) is 2.20. The van der Waals surface area contributed by atoms with E-state index in [0.29, 0.717) is 5.69 Å². The van der Waals surface area contributed by atoms with Crippen LogP contribution in [0.3, 0.4) is 0 Å². The Bertz CT molecular complexity index is 412. The second-order valence-electron chi connectivity index (χ2n) is 3.49. The van der Waals surface area contributed by atoms with Gasteiger partial charge < -0.3 is 4.90 Å². The molecular formula is C12H14FNO. The minimum Gasteiger partial charge on any atom is -0.309 e. The van der Waals surface area contributed by atoms with Gasteiger partial charge in [0.1, 0.15) is 0 Å². The molecule has 0 saturated heterocycles. The summed E-state index contributed by atoms with van der Waals surface area (Å²) in [5.74, 6) is -1.65. The molecule has 0 aromatic heterocycles. The number of rotatable bonds is 2. The number of aryl methyl sites for hydroxylation is 1. The van der Waals surface area contributed by atoms with Gasteiger partial charge in [-0.3, -0.25) is 4.79 Å². The number of benzene rings is 1. The molecule has 15 heavy (non-hydrogen) atoms. The first kappa shape index (κ1) is 11.4. The van der Waals surface area contributed by atoms with E-state index in [2.05, 4.69) is 6.58 Å². The normalized spacial score (nSPS) is 9.87. The summed E-state index contributed by atoms with van der Waals surface area (Å²) in [7, 11) is 1.54. The summed E-state index contributed by atoms with van der Waals surface area (Å²) in [4.78, 5) is 12.6. The first-order chi connectivity index (χ1) is 6.95. The molecule has 0 aliphatic heterocycles. The highest BCUT2D eigenvalue weighted by atomic mass is 19.1. The quantitative estimate of drug-likeness (QED) is 0.683. The summed E-state index contributed by atoms with van der Waals surface area (Å²) >= 11 is 0. The van der Waals surface area contributed by atoms with Crippen LogP contribution in [-0.4, -0.2) is 13.0 Å². The van der Waals surface area contributed by atoms with Crippen LogP contribution in [0.5, 0.6) is 0 Å². The smallest absolute Gasteiger partial charge is 0.286 e. The van der Waals surface area contributed by atoms with Crippen LogP contribution in [0.1, 0.15) is 11.1 Å². The van der Waals surface area contributed by atoms with Crippen LogP contribution >= 0.6 is 0 Å². The molecule has 1 aromatic carbocycles. The maximum atomic E-state index is 12.7. The van der Waals surface area contributed by atoms with Crippen molar-refractivity contribution in [2.24, 2.45) is 0 Å². The fraction of sp³-hybridized carbons (Fsp3) is 0.250. The second kappa shape index (κ2) is 4.26. The molecule has 1 aromatic rings. The van der Waals surface area contributed by atoms with Crippen LogP contribution in [0, 0.1) is 13.8 Å². The van der Waals surface area contributed by atoms with Crippen LogP contribution in [0.4, 0.5) is 10.1 Å². The monoisotopic (exact) mass is 207 g/mol. The van der Waals surface area contributed by atoms with Gasteiger partial charge in [-0.2, -0.15) is 0 Å². The molecule has 80 valence electrons. The summed E-state index contributed by atoms with van der Waals surface area (Å²) in [5.41, 5.74) is 2.74. The zero-order chi connectivity index (χ0) is 11.6. The van der Waals surface area contributed by atoms with E-state index in [0.717, 1.165) is 11.1 Å². The minimum atomic E-state index is -0.946. The van der Waals surface area contributed by atoms with Gasteiger partial charge in [-0.15, -0.1) is 0 Å². The molecule has 0 N–H and O–H groups in total. The largest absolute Gasteiger partial charge is 0.309 e. The van der Waals surface area contributed by atoms with Gasteiger partial charge >= 0.3 is 0 Å². The lowest BCUT2D eigenvalue weighted by molar-refractivity contribution is -0.116. The van der Waals surface area contributed by atoms with Crippen molar-refractivity contribution in [3.8, 4) is 0 Å². The minimum absolute atomic E-state index is 0.705. The SMILES string of the molecule is C=C(F)C(=O)N(C)c1cccc(C)c1C. The van der Waals surface area contributed by atoms with Crippen molar-refractivity contribution >= 4 is 11.6 Å². The van der Waals surface area contributed by atoms with Gasteiger partial charge in [-0.1, -0.05) is 18.7 Å². The Morgan fingerprint density at radius 3 is 2.53 bits per heavy atom. The van der Waals surface area contributed by atoms with Crippen molar-refractivity contribution < 1.29 is 9.18 Å². The lowest BCUT2D eigenvalue weighted by atomic mass is 10.1. The number of carbonyl (C=O) groups is 1. The molecule has 1 amide bonds. The zero-order valence-electron chi connectivity index (χ0n) is 9.17. The molecule has 0 aliphatic carbocycles. The van der Waals surface area contributed by atoms with Crippen LogP contribution in [-0.2, 0) is 4.79 Å². The maximum absolute atomic E-state index is 12.7. The van der Waals surface area contributed by atoms with E-state index < -0.39 is 11.7 Å². The van der Waals surface area contributed by atoms with Crippen molar-refractivity contribution in [2.75, 3.05) is 11.9 Å². The van der Waals surface area contributed by atoms with Gasteiger partial charge in [0.05, 0.1) is 0 Å². The fourth-order valence-corrected chi connectivity index (χ4v) is 1.39. The van der Waals surface area contributed by atoms with E-state index in [1.54, 1.807) is 6.07 Å². The van der Waals surface area contributed by atoms with Crippen molar-refractivity contribution in [1.82, 2.24) is 0 Å². The van der Waals surface area contributed by atoms with Crippen molar-refractivity contribution in [3.05, 3.63) is 41.7 Å². The van der Waals surface area contributed by atoms with E-state index in [1.165, 1.54) is 11.9 Å². The molecule has 0 spiro atoms. The Labute approximate surface area is 89.0 Å². The van der Waals surface area contributed by atoms with E-state index in [1.807, 2.05) is 26.0 Å². The predicted octanol–water partition coefficient (Wildman–Crippen LogP) is 2.75. The number of likely N-dealkylation sites (N-methyl/N-ethyl adjacent to an activating group) is 1. The van der Waals surface area contributed by atoms with Crippen LogP contribution in [0.2, 0.25) is 0 Å². The summed E-state index contributed by atoms with van der Waals surface area (Å²) in [6, 6.07) is 5.56. The molecule has 0 heterocycles. The zero-order valence-corrected chi connectivity index (χ0v) is 9.17. The van der Waals surface area contributed by atoms with Crippen LogP contribution in [0.15, 0.2) is 30.6 Å². The van der Waals surface area contributed by atoms with Gasteiger partial charge in [0.2, 0.25) is 0 Å². The summed E-state index contributed by atoms with van der Waals surface area (Å²) < 4.78 is 12.7. The first-order valence-corrected chi connectivity index (χ1v) is 4.64. The van der Waals surface area contributed by atoms with E-state index in [-0.39, 0.29) is 0 Å². The van der Waals surface area contributed by atoms with Crippen molar-refractivity contribution in [1.29, 1.82) is 0 Å². The van der Waals surface area contributed by atoms with E-state index in [4.69, 9.17) is 0 Å². The maximum Gasteiger partial charge on any atom is 0.286 e. The summed E-state index contributed by atoms with van der Waals surface area (Å²) in [5, 5.41) is 0. The molecule has 2 nitrogen and oxygen atoms in total. The number of halogens is 1. The van der Waals surface area contributed by atoms with Gasteiger partial charge in [0.25, 0.3) is 5.91 Å². The van der Waals surface area contributed by atoms with E-state index in [9.17, 15) is 9.18 Å². The van der Waals surface area contributed by atoms with Gasteiger partial charge in [-0.25, -0.2) is 4.39 Å². The Morgan fingerprint density at radius 1 is 1.40 bits per heavy atom. The summed E-state index contributed by atoms with van der Waals surface area (Å²) in [6.07, 6.45) is 0. The Balaban J connectivity index is 3.12. The van der Waals surface area contributed by atoms with Crippen molar-refractivity contribution in [3.63, 3.8) is 0 Å². The topological polar surface area (TPSA) is 20.3 Å². The van der Waals surface area contributed by atoms with Gasteiger partial charge in [-0.05, 0) is 31.0 Å². The Kier molecular flexibility index (Phi) is 3.24. The molecule has 0 bridgehead atoms. The third kappa shape index (κ3) is 2.24.